The molecule has 0 aliphatic carbocycles. The first-order valence-corrected chi connectivity index (χ1v) is 9.17. The van der Waals surface area contributed by atoms with Gasteiger partial charge in [-0.25, -0.2) is 0 Å². The molecule has 2 nitrogen and oxygen atoms in total. The second kappa shape index (κ2) is 4.83. The molecule has 0 aromatic rings. The van der Waals surface area contributed by atoms with Gasteiger partial charge in [-0.3, -0.25) is 0 Å². The Morgan fingerprint density at radius 3 is 2.38 bits per heavy atom. The quantitative estimate of drug-likeness (QED) is 0.706. The second-order valence-electron chi connectivity index (χ2n) is 6.27. The average molecular weight is 240 g/mol. The minimum absolute atomic E-state index is 0.139. The first-order chi connectivity index (χ1) is 7.17. The summed E-state index contributed by atoms with van der Waals surface area (Å²) in [5, 5.41) is 0.248. The summed E-state index contributed by atoms with van der Waals surface area (Å²) in [7, 11) is 4.14. The van der Waals surface area contributed by atoms with Gasteiger partial charge in [0, 0.05) is 6.00 Å². The molecule has 92 valence electrons. The van der Waals surface area contributed by atoms with Crippen LogP contribution in [0.5, 0.6) is 0 Å². The van der Waals surface area contributed by atoms with Crippen molar-refractivity contribution in [2.75, 3.05) is 0 Å². The highest BCUT2D eigenvalue weighted by molar-refractivity contribution is 6.74. The maximum atomic E-state index is 6.37. The molecule has 0 aromatic heterocycles. The van der Waals surface area contributed by atoms with Crippen LogP contribution in [0.1, 0.15) is 40.5 Å². The normalized spacial score (nSPS) is 32.0. The van der Waals surface area contributed by atoms with Crippen LogP contribution < -0.4 is 0 Å². The largest absolute Gasteiger partial charge is 0.411 e. The van der Waals surface area contributed by atoms with Crippen molar-refractivity contribution < 1.29 is 9.16 Å². The molecule has 1 unspecified atom stereocenters. The van der Waals surface area contributed by atoms with Gasteiger partial charge in [0.15, 0.2) is 8.32 Å². The van der Waals surface area contributed by atoms with Gasteiger partial charge in [-0.1, -0.05) is 27.7 Å². The first kappa shape index (κ1) is 14.3. The molecule has 3 atom stereocenters. The molecule has 1 fully saturated rings. The molecule has 2 radical (unpaired) electrons. The molecular weight excluding hydrogens is 215 g/mol. The second-order valence-corrected chi connectivity index (χ2v) is 11.0. The van der Waals surface area contributed by atoms with Crippen LogP contribution in [0.3, 0.4) is 0 Å². The summed E-state index contributed by atoms with van der Waals surface area (Å²) in [5.41, 5.74) is 0. The van der Waals surface area contributed by atoms with Gasteiger partial charge in [-0.15, -0.1) is 0 Å². The zero-order chi connectivity index (χ0) is 12.6. The molecule has 1 heterocycles. The standard InChI is InChI=1S/C12H25BO2Si/c1-7-9-10(8-11(13)14-9)15-16(5,6)12(2,3)4/h9-11H,7-8H2,1-6H3/t9-,10?,11-/m1/s1. The number of ether oxygens (including phenoxy) is 1. The SMILES string of the molecule is [B][C@H]1CC(O[Si](C)(C)C(C)(C)C)[C@@H](CC)O1. The third-order valence-electron chi connectivity index (χ3n) is 3.88. The van der Waals surface area contributed by atoms with E-state index in [9.17, 15) is 0 Å². The van der Waals surface area contributed by atoms with Crippen LogP contribution in [-0.4, -0.2) is 34.4 Å². The van der Waals surface area contributed by atoms with Crippen molar-refractivity contribution in [3.63, 3.8) is 0 Å². The average Bonchev–Trinajstić information content (AvgIpc) is 2.43. The lowest BCUT2D eigenvalue weighted by Gasteiger charge is -2.39. The van der Waals surface area contributed by atoms with E-state index < -0.39 is 8.32 Å². The Hall–Kier alpha value is 0.202. The van der Waals surface area contributed by atoms with Crippen LogP contribution >= 0.6 is 0 Å². The molecule has 0 bridgehead atoms. The van der Waals surface area contributed by atoms with E-state index in [1.165, 1.54) is 0 Å². The molecule has 0 spiro atoms. The van der Waals surface area contributed by atoms with Gasteiger partial charge in [0.25, 0.3) is 0 Å². The van der Waals surface area contributed by atoms with Crippen LogP contribution in [0.4, 0.5) is 0 Å². The molecule has 1 rings (SSSR count). The maximum absolute atomic E-state index is 6.37. The predicted molar refractivity (Wildman–Crippen MR) is 71.4 cm³/mol. The van der Waals surface area contributed by atoms with Gasteiger partial charge in [0.05, 0.1) is 12.2 Å². The van der Waals surface area contributed by atoms with Crippen molar-refractivity contribution >= 4 is 16.2 Å². The van der Waals surface area contributed by atoms with Gasteiger partial charge < -0.3 is 9.16 Å². The van der Waals surface area contributed by atoms with Crippen molar-refractivity contribution in [1.82, 2.24) is 0 Å². The molecule has 0 amide bonds. The lowest BCUT2D eigenvalue weighted by atomic mass is 9.96. The first-order valence-electron chi connectivity index (χ1n) is 6.26. The fourth-order valence-electron chi connectivity index (χ4n) is 1.79. The van der Waals surface area contributed by atoms with Crippen LogP contribution in [0, 0.1) is 0 Å². The van der Waals surface area contributed by atoms with Crippen molar-refractivity contribution in [2.24, 2.45) is 0 Å². The smallest absolute Gasteiger partial charge is 0.192 e. The summed E-state index contributed by atoms with van der Waals surface area (Å²) < 4.78 is 12.0. The van der Waals surface area contributed by atoms with Gasteiger partial charge in [-0.2, -0.15) is 0 Å². The van der Waals surface area contributed by atoms with E-state index in [0.29, 0.717) is 0 Å². The Labute approximate surface area is 103 Å². The molecular formula is C12H25BO2Si. The summed E-state index contributed by atoms with van der Waals surface area (Å²) in [6, 6.07) is -0.139. The lowest BCUT2D eigenvalue weighted by Crippen LogP contribution is -2.45. The van der Waals surface area contributed by atoms with E-state index in [2.05, 4.69) is 40.8 Å². The highest BCUT2D eigenvalue weighted by Gasteiger charge is 2.43. The molecule has 1 aliphatic heterocycles. The number of rotatable bonds is 3. The van der Waals surface area contributed by atoms with E-state index in [-0.39, 0.29) is 23.2 Å². The van der Waals surface area contributed by atoms with Gasteiger partial charge in [0.2, 0.25) is 0 Å². The van der Waals surface area contributed by atoms with Gasteiger partial charge in [0.1, 0.15) is 7.85 Å². The number of hydrogen-bond donors (Lipinski definition) is 0. The van der Waals surface area contributed by atoms with Gasteiger partial charge in [-0.05, 0) is 31.0 Å². The van der Waals surface area contributed by atoms with E-state index in [1.807, 2.05) is 0 Å². The maximum Gasteiger partial charge on any atom is 0.192 e. The molecule has 1 saturated heterocycles. The van der Waals surface area contributed by atoms with E-state index >= 15 is 0 Å². The monoisotopic (exact) mass is 240 g/mol. The van der Waals surface area contributed by atoms with Crippen molar-refractivity contribution in [3.05, 3.63) is 0 Å². The topological polar surface area (TPSA) is 18.5 Å². The van der Waals surface area contributed by atoms with Crippen LogP contribution in [0.25, 0.3) is 0 Å². The molecule has 16 heavy (non-hydrogen) atoms. The third kappa shape index (κ3) is 3.11. The lowest BCUT2D eigenvalue weighted by molar-refractivity contribution is 0.0350. The van der Waals surface area contributed by atoms with Crippen LogP contribution in [-0.2, 0) is 9.16 Å². The Morgan fingerprint density at radius 1 is 1.38 bits per heavy atom. The Bertz CT molecular complexity index is 238. The Kier molecular flexibility index (Phi) is 4.30. The molecule has 1 aliphatic rings. The predicted octanol–water partition coefficient (Wildman–Crippen LogP) is 3.07. The van der Waals surface area contributed by atoms with Crippen LogP contribution in [0.15, 0.2) is 0 Å². The highest BCUT2D eigenvalue weighted by atomic mass is 28.4. The molecule has 0 N–H and O–H groups in total. The van der Waals surface area contributed by atoms with E-state index in [4.69, 9.17) is 17.0 Å². The number of hydrogen-bond acceptors (Lipinski definition) is 2. The summed E-state index contributed by atoms with van der Waals surface area (Å²) in [6.07, 6.45) is 2.20. The Balaban J connectivity index is 2.66. The minimum atomic E-state index is -1.69. The zero-order valence-corrected chi connectivity index (χ0v) is 12.5. The van der Waals surface area contributed by atoms with E-state index in [0.717, 1.165) is 12.8 Å². The molecule has 0 saturated carbocycles. The van der Waals surface area contributed by atoms with Gasteiger partial charge >= 0.3 is 0 Å². The molecule has 0 aromatic carbocycles. The van der Waals surface area contributed by atoms with Crippen molar-refractivity contribution in [2.45, 2.75) is 76.9 Å². The van der Waals surface area contributed by atoms with Crippen LogP contribution in [0.2, 0.25) is 18.1 Å². The summed E-state index contributed by atoms with van der Waals surface area (Å²) in [5.74, 6) is 0. The summed E-state index contributed by atoms with van der Waals surface area (Å²) in [6.45, 7) is 13.5. The van der Waals surface area contributed by atoms with E-state index in [1.54, 1.807) is 0 Å². The van der Waals surface area contributed by atoms with Crippen molar-refractivity contribution in [1.29, 1.82) is 0 Å². The van der Waals surface area contributed by atoms with Crippen molar-refractivity contribution in [3.8, 4) is 0 Å². The molecule has 4 heteroatoms. The fourth-order valence-corrected chi connectivity index (χ4v) is 3.15. The third-order valence-corrected chi connectivity index (χ3v) is 8.39. The minimum Gasteiger partial charge on any atom is -0.411 e. The Morgan fingerprint density at radius 2 is 1.94 bits per heavy atom. The highest BCUT2D eigenvalue weighted by Crippen LogP contribution is 2.39. The zero-order valence-electron chi connectivity index (χ0n) is 11.5. The summed E-state index contributed by atoms with van der Waals surface area (Å²) in [4.78, 5) is 0. The summed E-state index contributed by atoms with van der Waals surface area (Å²) >= 11 is 0. The fraction of sp³-hybridized carbons (Fsp3) is 1.00.